The molecule has 3 unspecified atom stereocenters. The maximum Gasteiger partial charge on any atom is 0.0605 e. The van der Waals surface area contributed by atoms with Crippen molar-refractivity contribution in [2.45, 2.75) is 31.9 Å². The number of aliphatic hydroxyl groups is 1. The number of aryl methyl sites for hydroxylation is 1. The van der Waals surface area contributed by atoms with E-state index >= 15 is 0 Å². The zero-order chi connectivity index (χ0) is 10.4. The van der Waals surface area contributed by atoms with Crippen LogP contribution in [0.15, 0.2) is 24.3 Å². The summed E-state index contributed by atoms with van der Waals surface area (Å²) in [5.41, 5.74) is 2.63. The minimum Gasteiger partial charge on any atom is -0.393 e. The molecule has 2 heteroatoms. The van der Waals surface area contributed by atoms with Crippen molar-refractivity contribution in [2.24, 2.45) is 5.92 Å². The molecule has 1 aromatic rings. The van der Waals surface area contributed by atoms with Crippen LogP contribution in [0.25, 0.3) is 0 Å². The first-order valence-electron chi connectivity index (χ1n) is 5.75. The Balaban J connectivity index is 1.83. The van der Waals surface area contributed by atoms with Gasteiger partial charge in [-0.15, -0.1) is 0 Å². The van der Waals surface area contributed by atoms with E-state index < -0.39 is 0 Å². The molecule has 15 heavy (non-hydrogen) atoms. The van der Waals surface area contributed by atoms with Gasteiger partial charge in [-0.25, -0.2) is 0 Å². The van der Waals surface area contributed by atoms with Gasteiger partial charge in [0.2, 0.25) is 0 Å². The number of hydrogen-bond donors (Lipinski definition) is 1. The first-order valence-corrected chi connectivity index (χ1v) is 5.75. The normalized spacial score (nSPS) is 33.7. The number of anilines is 1. The summed E-state index contributed by atoms with van der Waals surface area (Å²) < 4.78 is 0. The number of piperidine rings is 1. The maximum atomic E-state index is 9.70. The Morgan fingerprint density at radius 1 is 1.20 bits per heavy atom. The minimum absolute atomic E-state index is 0.0447. The molecule has 2 fully saturated rings. The van der Waals surface area contributed by atoms with Crippen LogP contribution in [0.4, 0.5) is 5.69 Å². The van der Waals surface area contributed by atoms with Gasteiger partial charge in [0.15, 0.2) is 0 Å². The molecule has 3 atom stereocenters. The average molecular weight is 203 g/mol. The van der Waals surface area contributed by atoms with Gasteiger partial charge in [-0.3, -0.25) is 0 Å². The number of nitrogens with zero attached hydrogens (tertiary/aromatic N) is 1. The van der Waals surface area contributed by atoms with Crippen molar-refractivity contribution in [2.75, 3.05) is 11.4 Å². The Labute approximate surface area is 90.5 Å². The topological polar surface area (TPSA) is 23.5 Å². The van der Waals surface area contributed by atoms with Crippen LogP contribution < -0.4 is 4.90 Å². The predicted octanol–water partition coefficient (Wildman–Crippen LogP) is 1.95. The summed E-state index contributed by atoms with van der Waals surface area (Å²) >= 11 is 0. The van der Waals surface area contributed by atoms with Crippen LogP contribution in [0.2, 0.25) is 0 Å². The first-order chi connectivity index (χ1) is 7.24. The van der Waals surface area contributed by atoms with Crippen molar-refractivity contribution in [1.82, 2.24) is 0 Å². The van der Waals surface area contributed by atoms with E-state index in [4.69, 9.17) is 0 Å². The van der Waals surface area contributed by atoms with Gasteiger partial charge in [0.05, 0.1) is 6.10 Å². The molecule has 1 aliphatic carbocycles. The van der Waals surface area contributed by atoms with Gasteiger partial charge in [0.25, 0.3) is 0 Å². The highest BCUT2D eigenvalue weighted by Gasteiger charge is 2.43. The number of fused-ring (bicyclic) bond motifs is 2. The fraction of sp³-hybridized carbons (Fsp3) is 0.538. The molecule has 0 spiro atoms. The highest BCUT2D eigenvalue weighted by atomic mass is 16.3. The van der Waals surface area contributed by atoms with Crippen LogP contribution in [0.1, 0.15) is 18.4 Å². The summed E-state index contributed by atoms with van der Waals surface area (Å²) in [4.78, 5) is 2.46. The summed E-state index contributed by atoms with van der Waals surface area (Å²) in [5, 5.41) is 9.70. The SMILES string of the molecule is Cc1ccc(N2CC3CC2CC3O)cc1. The van der Waals surface area contributed by atoms with E-state index in [-0.39, 0.29) is 6.10 Å². The number of benzene rings is 1. The second-order valence-corrected chi connectivity index (χ2v) is 4.94. The van der Waals surface area contributed by atoms with Crippen LogP contribution >= 0.6 is 0 Å². The second kappa shape index (κ2) is 3.24. The van der Waals surface area contributed by atoms with E-state index in [0.29, 0.717) is 12.0 Å². The molecule has 0 amide bonds. The summed E-state index contributed by atoms with van der Waals surface area (Å²) in [6.07, 6.45) is 2.09. The van der Waals surface area contributed by atoms with Gasteiger partial charge in [-0.1, -0.05) is 17.7 Å². The van der Waals surface area contributed by atoms with Crippen LogP contribution in [0.3, 0.4) is 0 Å². The highest BCUT2D eigenvalue weighted by molar-refractivity contribution is 5.50. The lowest BCUT2D eigenvalue weighted by Gasteiger charge is -2.31. The van der Waals surface area contributed by atoms with Crippen molar-refractivity contribution in [3.8, 4) is 0 Å². The van der Waals surface area contributed by atoms with Crippen molar-refractivity contribution < 1.29 is 5.11 Å². The summed E-state index contributed by atoms with van der Waals surface area (Å²) in [5.74, 6) is 0.510. The number of rotatable bonds is 1. The highest BCUT2D eigenvalue weighted by Crippen LogP contribution is 2.40. The van der Waals surface area contributed by atoms with Crippen LogP contribution in [0, 0.1) is 12.8 Å². The maximum absolute atomic E-state index is 9.70. The third-order valence-electron chi connectivity index (χ3n) is 3.87. The van der Waals surface area contributed by atoms with Crippen molar-refractivity contribution >= 4 is 5.69 Å². The summed E-state index contributed by atoms with van der Waals surface area (Å²) in [6, 6.07) is 9.30. The molecule has 2 aliphatic rings. The van der Waals surface area contributed by atoms with Crippen LogP contribution in [-0.2, 0) is 0 Å². The Morgan fingerprint density at radius 2 is 1.93 bits per heavy atom. The van der Waals surface area contributed by atoms with Crippen LogP contribution in [-0.4, -0.2) is 23.8 Å². The van der Waals surface area contributed by atoms with E-state index in [2.05, 4.69) is 36.1 Å². The molecule has 1 aliphatic heterocycles. The van der Waals surface area contributed by atoms with Gasteiger partial charge in [0.1, 0.15) is 0 Å². The number of hydrogen-bond acceptors (Lipinski definition) is 2. The molecule has 80 valence electrons. The molecule has 1 N–H and O–H groups in total. The Hall–Kier alpha value is -1.02. The molecule has 2 bridgehead atoms. The van der Waals surface area contributed by atoms with Crippen molar-refractivity contribution in [1.29, 1.82) is 0 Å². The minimum atomic E-state index is -0.0447. The molecule has 1 saturated heterocycles. The molecule has 1 heterocycles. The van der Waals surface area contributed by atoms with Crippen LogP contribution in [0.5, 0.6) is 0 Å². The van der Waals surface area contributed by atoms with E-state index in [0.717, 1.165) is 13.0 Å². The third-order valence-corrected chi connectivity index (χ3v) is 3.87. The Kier molecular flexibility index (Phi) is 1.99. The fourth-order valence-electron chi connectivity index (χ4n) is 2.98. The monoisotopic (exact) mass is 203 g/mol. The van der Waals surface area contributed by atoms with Crippen molar-refractivity contribution in [3.63, 3.8) is 0 Å². The smallest absolute Gasteiger partial charge is 0.0605 e. The lowest BCUT2D eigenvalue weighted by molar-refractivity contribution is 0.127. The third kappa shape index (κ3) is 1.44. The van der Waals surface area contributed by atoms with Crippen molar-refractivity contribution in [3.05, 3.63) is 29.8 Å². The van der Waals surface area contributed by atoms with Gasteiger partial charge < -0.3 is 10.0 Å². The average Bonchev–Trinajstić information content (AvgIpc) is 2.77. The lowest BCUT2D eigenvalue weighted by Crippen LogP contribution is -2.37. The molecular formula is C13H17NO. The van der Waals surface area contributed by atoms with Gasteiger partial charge in [-0.2, -0.15) is 0 Å². The van der Waals surface area contributed by atoms with Gasteiger partial charge in [0, 0.05) is 24.2 Å². The van der Waals surface area contributed by atoms with E-state index in [1.165, 1.54) is 17.7 Å². The standard InChI is InChI=1S/C13H17NO/c1-9-2-4-11(5-3-9)14-8-10-6-12(14)7-13(10)15/h2-5,10,12-13,15H,6-8H2,1H3. The lowest BCUT2D eigenvalue weighted by atomic mass is 10.1. The second-order valence-electron chi connectivity index (χ2n) is 4.94. The zero-order valence-electron chi connectivity index (χ0n) is 9.06. The molecule has 0 aromatic heterocycles. The first kappa shape index (κ1) is 9.22. The molecule has 1 saturated carbocycles. The summed E-state index contributed by atoms with van der Waals surface area (Å²) in [6.45, 7) is 3.15. The Morgan fingerprint density at radius 3 is 2.47 bits per heavy atom. The molecular weight excluding hydrogens is 186 g/mol. The van der Waals surface area contributed by atoms with E-state index in [1.807, 2.05) is 0 Å². The van der Waals surface area contributed by atoms with E-state index in [1.54, 1.807) is 0 Å². The van der Waals surface area contributed by atoms with E-state index in [9.17, 15) is 5.11 Å². The molecule has 0 radical (unpaired) electrons. The molecule has 3 rings (SSSR count). The zero-order valence-corrected chi connectivity index (χ0v) is 9.06. The quantitative estimate of drug-likeness (QED) is 0.754. The fourth-order valence-corrected chi connectivity index (χ4v) is 2.98. The molecule has 2 nitrogen and oxygen atoms in total. The predicted molar refractivity (Wildman–Crippen MR) is 61.0 cm³/mol. The molecule has 1 aromatic carbocycles. The Bertz CT molecular complexity index is 357. The van der Waals surface area contributed by atoms with Gasteiger partial charge in [-0.05, 0) is 31.9 Å². The summed E-state index contributed by atoms with van der Waals surface area (Å²) in [7, 11) is 0. The largest absolute Gasteiger partial charge is 0.393 e. The van der Waals surface area contributed by atoms with Gasteiger partial charge >= 0.3 is 0 Å². The number of aliphatic hydroxyl groups excluding tert-OH is 1.